The molecule has 0 aliphatic rings. The monoisotopic (exact) mass is 298 g/mol. The van der Waals surface area contributed by atoms with Gasteiger partial charge in [-0.15, -0.1) is 0 Å². The van der Waals surface area contributed by atoms with Crippen molar-refractivity contribution in [3.63, 3.8) is 0 Å². The first kappa shape index (κ1) is 17.0. The van der Waals surface area contributed by atoms with E-state index in [2.05, 4.69) is 30.8 Å². The van der Waals surface area contributed by atoms with Gasteiger partial charge in [-0.3, -0.25) is 0 Å². The standard InChI is InChI=1S/C15H26N2O2S/c1-14(2,3)11-15(4,5)17-20(18,19)13-10-8-7-9-12(13)16-6/h7-10,16-17H,11H2,1-6H3. The molecule has 0 aliphatic heterocycles. The highest BCUT2D eigenvalue weighted by Crippen LogP contribution is 2.29. The van der Waals surface area contributed by atoms with E-state index in [4.69, 9.17) is 0 Å². The Kier molecular flexibility index (Phi) is 4.87. The normalized spacial score (nSPS) is 13.3. The maximum atomic E-state index is 12.6. The highest BCUT2D eigenvalue weighted by molar-refractivity contribution is 7.89. The number of hydrogen-bond donors (Lipinski definition) is 2. The first-order chi connectivity index (χ1) is 8.97. The smallest absolute Gasteiger partial charge is 0.243 e. The van der Waals surface area contributed by atoms with Crippen LogP contribution in [-0.2, 0) is 10.0 Å². The molecule has 4 nitrogen and oxygen atoms in total. The highest BCUT2D eigenvalue weighted by Gasteiger charge is 2.31. The van der Waals surface area contributed by atoms with E-state index in [-0.39, 0.29) is 10.3 Å². The van der Waals surface area contributed by atoms with Crippen molar-refractivity contribution in [2.75, 3.05) is 12.4 Å². The predicted octanol–water partition coefficient (Wildman–Crippen LogP) is 3.22. The molecular formula is C15H26N2O2S. The van der Waals surface area contributed by atoms with Crippen LogP contribution in [0.3, 0.4) is 0 Å². The summed E-state index contributed by atoms with van der Waals surface area (Å²) in [4.78, 5) is 0.282. The summed E-state index contributed by atoms with van der Waals surface area (Å²) < 4.78 is 27.9. The molecule has 1 rings (SSSR count). The van der Waals surface area contributed by atoms with Crippen molar-refractivity contribution < 1.29 is 8.42 Å². The molecular weight excluding hydrogens is 272 g/mol. The first-order valence-electron chi connectivity index (χ1n) is 6.78. The van der Waals surface area contributed by atoms with E-state index in [1.54, 1.807) is 25.2 Å². The molecule has 114 valence electrons. The largest absolute Gasteiger partial charge is 0.387 e. The molecule has 0 spiro atoms. The number of sulfonamides is 1. The minimum atomic E-state index is -3.55. The third kappa shape index (κ3) is 4.80. The second kappa shape index (κ2) is 5.74. The topological polar surface area (TPSA) is 58.2 Å². The van der Waals surface area contributed by atoms with Crippen LogP contribution in [0.1, 0.15) is 41.0 Å². The zero-order valence-corrected chi connectivity index (χ0v) is 14.1. The SMILES string of the molecule is CNc1ccccc1S(=O)(=O)NC(C)(C)CC(C)(C)C. The molecule has 2 N–H and O–H groups in total. The van der Waals surface area contributed by atoms with Gasteiger partial charge in [-0.1, -0.05) is 32.9 Å². The lowest BCUT2D eigenvalue weighted by Crippen LogP contribution is -2.45. The van der Waals surface area contributed by atoms with E-state index in [0.717, 1.165) is 6.42 Å². The first-order valence-corrected chi connectivity index (χ1v) is 8.26. The third-order valence-electron chi connectivity index (χ3n) is 2.83. The van der Waals surface area contributed by atoms with Gasteiger partial charge in [0.1, 0.15) is 4.90 Å². The summed E-state index contributed by atoms with van der Waals surface area (Å²) in [5.74, 6) is 0. The third-order valence-corrected chi connectivity index (χ3v) is 4.59. The number of benzene rings is 1. The van der Waals surface area contributed by atoms with Gasteiger partial charge in [-0.05, 0) is 37.8 Å². The Hall–Kier alpha value is -1.07. The summed E-state index contributed by atoms with van der Waals surface area (Å²) in [6.45, 7) is 10.1. The van der Waals surface area contributed by atoms with Gasteiger partial charge in [0.05, 0.1) is 5.69 Å². The number of para-hydroxylation sites is 1. The Morgan fingerprint density at radius 3 is 2.10 bits per heavy atom. The molecule has 1 aromatic carbocycles. The molecule has 20 heavy (non-hydrogen) atoms. The molecule has 0 saturated heterocycles. The lowest BCUT2D eigenvalue weighted by molar-refractivity contribution is 0.269. The van der Waals surface area contributed by atoms with E-state index in [9.17, 15) is 8.42 Å². The molecule has 0 fully saturated rings. The Morgan fingerprint density at radius 1 is 1.05 bits per heavy atom. The Morgan fingerprint density at radius 2 is 1.60 bits per heavy atom. The summed E-state index contributed by atoms with van der Waals surface area (Å²) in [6.07, 6.45) is 0.751. The summed E-state index contributed by atoms with van der Waals surface area (Å²) in [7, 11) is -1.83. The van der Waals surface area contributed by atoms with E-state index < -0.39 is 15.6 Å². The molecule has 0 radical (unpaired) electrons. The zero-order chi connectivity index (χ0) is 15.6. The maximum Gasteiger partial charge on any atom is 0.243 e. The highest BCUT2D eigenvalue weighted by atomic mass is 32.2. The van der Waals surface area contributed by atoms with Crippen molar-refractivity contribution in [3.05, 3.63) is 24.3 Å². The van der Waals surface area contributed by atoms with E-state index in [1.807, 2.05) is 19.9 Å². The van der Waals surface area contributed by atoms with Gasteiger partial charge in [-0.2, -0.15) is 0 Å². The number of nitrogens with one attached hydrogen (secondary N) is 2. The van der Waals surface area contributed by atoms with Crippen LogP contribution in [0.5, 0.6) is 0 Å². The fourth-order valence-corrected chi connectivity index (χ4v) is 4.32. The minimum Gasteiger partial charge on any atom is -0.387 e. The zero-order valence-electron chi connectivity index (χ0n) is 13.2. The lowest BCUT2D eigenvalue weighted by atomic mass is 9.82. The van der Waals surface area contributed by atoms with Crippen LogP contribution in [0.25, 0.3) is 0 Å². The summed E-state index contributed by atoms with van der Waals surface area (Å²) in [5.41, 5.74) is 0.151. The minimum absolute atomic E-state index is 0.0501. The molecule has 0 unspecified atom stereocenters. The second-order valence-electron chi connectivity index (χ2n) is 6.97. The van der Waals surface area contributed by atoms with E-state index >= 15 is 0 Å². The molecule has 0 heterocycles. The van der Waals surface area contributed by atoms with Gasteiger partial charge in [0.2, 0.25) is 10.0 Å². The predicted molar refractivity (Wildman–Crippen MR) is 84.5 cm³/mol. The molecule has 0 bridgehead atoms. The molecule has 0 aromatic heterocycles. The van der Waals surface area contributed by atoms with Gasteiger partial charge < -0.3 is 5.32 Å². The van der Waals surface area contributed by atoms with Gasteiger partial charge in [0, 0.05) is 12.6 Å². The van der Waals surface area contributed by atoms with Crippen LogP contribution in [0.15, 0.2) is 29.2 Å². The number of hydrogen-bond acceptors (Lipinski definition) is 3. The fourth-order valence-electron chi connectivity index (χ4n) is 2.69. The van der Waals surface area contributed by atoms with Crippen molar-refractivity contribution in [2.45, 2.75) is 51.5 Å². The quantitative estimate of drug-likeness (QED) is 0.877. The summed E-state index contributed by atoms with van der Waals surface area (Å²) in [6, 6.07) is 6.91. The Bertz CT molecular complexity index is 557. The maximum absolute atomic E-state index is 12.6. The average Bonchev–Trinajstić information content (AvgIpc) is 2.24. The van der Waals surface area contributed by atoms with Crippen molar-refractivity contribution in [1.29, 1.82) is 0 Å². The fraction of sp³-hybridized carbons (Fsp3) is 0.600. The summed E-state index contributed by atoms with van der Waals surface area (Å²) in [5, 5.41) is 2.92. The molecule has 5 heteroatoms. The van der Waals surface area contributed by atoms with Crippen LogP contribution in [0.4, 0.5) is 5.69 Å². The van der Waals surface area contributed by atoms with Crippen LogP contribution >= 0.6 is 0 Å². The molecule has 0 saturated carbocycles. The van der Waals surface area contributed by atoms with Gasteiger partial charge in [0.15, 0.2) is 0 Å². The number of anilines is 1. The van der Waals surface area contributed by atoms with Crippen LogP contribution < -0.4 is 10.0 Å². The van der Waals surface area contributed by atoms with Crippen molar-refractivity contribution >= 4 is 15.7 Å². The van der Waals surface area contributed by atoms with Gasteiger partial charge in [-0.25, -0.2) is 13.1 Å². The molecule has 0 amide bonds. The van der Waals surface area contributed by atoms with E-state index in [1.165, 1.54) is 0 Å². The van der Waals surface area contributed by atoms with Gasteiger partial charge >= 0.3 is 0 Å². The van der Waals surface area contributed by atoms with E-state index in [0.29, 0.717) is 5.69 Å². The van der Waals surface area contributed by atoms with Crippen molar-refractivity contribution in [3.8, 4) is 0 Å². The van der Waals surface area contributed by atoms with Crippen molar-refractivity contribution in [2.24, 2.45) is 5.41 Å². The van der Waals surface area contributed by atoms with Gasteiger partial charge in [0.25, 0.3) is 0 Å². The lowest BCUT2D eigenvalue weighted by Gasteiger charge is -2.33. The van der Waals surface area contributed by atoms with Crippen LogP contribution in [0.2, 0.25) is 0 Å². The van der Waals surface area contributed by atoms with Crippen LogP contribution in [0, 0.1) is 5.41 Å². The van der Waals surface area contributed by atoms with Crippen molar-refractivity contribution in [1.82, 2.24) is 4.72 Å². The molecule has 1 aromatic rings. The molecule has 0 aliphatic carbocycles. The molecule has 0 atom stereocenters. The Labute approximate surface area is 123 Å². The second-order valence-corrected chi connectivity index (χ2v) is 8.62. The Balaban J connectivity index is 3.06. The number of rotatable bonds is 5. The summed E-state index contributed by atoms with van der Waals surface area (Å²) >= 11 is 0. The van der Waals surface area contributed by atoms with Crippen LogP contribution in [-0.4, -0.2) is 21.0 Å². The average molecular weight is 298 g/mol.